The van der Waals surface area contributed by atoms with Crippen LogP contribution in [0.4, 0.5) is 0 Å². The molecule has 1 fully saturated rings. The van der Waals surface area contributed by atoms with Gasteiger partial charge in [-0.15, -0.1) is 11.3 Å². The summed E-state index contributed by atoms with van der Waals surface area (Å²) in [5.74, 6) is 0.191. The van der Waals surface area contributed by atoms with Crippen LogP contribution in [0.25, 0.3) is 21.6 Å². The monoisotopic (exact) mass is 337 g/mol. The number of H-pyrrole nitrogens is 1. The summed E-state index contributed by atoms with van der Waals surface area (Å²) in [6.07, 6.45) is 5.95. The highest BCUT2D eigenvalue weighted by Crippen LogP contribution is 2.33. The van der Waals surface area contributed by atoms with Gasteiger partial charge in [0.05, 0.1) is 11.1 Å². The lowest BCUT2D eigenvalue weighted by molar-refractivity contribution is 0.0797. The van der Waals surface area contributed by atoms with Gasteiger partial charge in [0, 0.05) is 29.7 Å². The van der Waals surface area contributed by atoms with Gasteiger partial charge < -0.3 is 4.90 Å². The lowest BCUT2D eigenvalue weighted by Gasteiger charge is -2.14. The summed E-state index contributed by atoms with van der Waals surface area (Å²) >= 11 is 1.60. The molecule has 3 aromatic rings. The van der Waals surface area contributed by atoms with E-state index in [9.17, 15) is 4.79 Å². The van der Waals surface area contributed by atoms with E-state index in [0.29, 0.717) is 0 Å². The van der Waals surface area contributed by atoms with E-state index in [1.54, 1.807) is 11.3 Å². The average Bonchev–Trinajstić information content (AvgIpc) is 3.36. The topological polar surface area (TPSA) is 49.0 Å². The zero-order valence-electron chi connectivity index (χ0n) is 13.6. The van der Waals surface area contributed by atoms with Crippen molar-refractivity contribution in [3.63, 3.8) is 0 Å². The fourth-order valence-electron chi connectivity index (χ4n) is 3.14. The summed E-state index contributed by atoms with van der Waals surface area (Å²) in [5, 5.41) is 6.82. The Hall–Kier alpha value is -2.40. The number of aromatic amines is 1. The molecule has 0 aliphatic carbocycles. The Kier molecular flexibility index (Phi) is 3.94. The first-order valence-electron chi connectivity index (χ1n) is 8.21. The van der Waals surface area contributed by atoms with Gasteiger partial charge in [-0.3, -0.25) is 9.89 Å². The molecular formula is C19H19N3OS. The number of hydrogen-bond acceptors (Lipinski definition) is 3. The summed E-state index contributed by atoms with van der Waals surface area (Å²) in [6.45, 7) is 3.82. The quantitative estimate of drug-likeness (QED) is 0.772. The predicted molar refractivity (Wildman–Crippen MR) is 97.2 cm³/mol. The smallest absolute Gasteiger partial charge is 0.264 e. The molecule has 0 radical (unpaired) electrons. The first-order chi connectivity index (χ1) is 11.7. The van der Waals surface area contributed by atoms with Crippen LogP contribution in [0.1, 0.15) is 28.1 Å². The van der Waals surface area contributed by atoms with Crippen molar-refractivity contribution in [1.82, 2.24) is 15.1 Å². The summed E-state index contributed by atoms with van der Waals surface area (Å²) in [7, 11) is 0. The Morgan fingerprint density at radius 2 is 1.83 bits per heavy atom. The molecule has 1 N–H and O–H groups in total. The number of nitrogens with one attached hydrogen (secondary N) is 1. The van der Waals surface area contributed by atoms with Gasteiger partial charge in [0.25, 0.3) is 5.91 Å². The molecule has 2 aromatic heterocycles. The number of carbonyl (C=O) groups is 1. The van der Waals surface area contributed by atoms with Gasteiger partial charge >= 0.3 is 0 Å². The summed E-state index contributed by atoms with van der Waals surface area (Å²) in [4.78, 5) is 16.7. The summed E-state index contributed by atoms with van der Waals surface area (Å²) in [5.41, 5.74) is 4.43. The molecule has 1 saturated heterocycles. The van der Waals surface area contributed by atoms with E-state index >= 15 is 0 Å². The Bertz CT molecular complexity index is 843. The fraction of sp³-hybridized carbons (Fsp3) is 0.263. The van der Waals surface area contributed by atoms with Crippen molar-refractivity contribution < 1.29 is 4.79 Å². The highest BCUT2D eigenvalue weighted by atomic mass is 32.1. The number of thiophene rings is 1. The van der Waals surface area contributed by atoms with Gasteiger partial charge in [-0.1, -0.05) is 24.3 Å². The molecule has 0 atom stereocenters. The third-order valence-electron chi connectivity index (χ3n) is 4.51. The van der Waals surface area contributed by atoms with Gasteiger partial charge in [0.1, 0.15) is 0 Å². The van der Waals surface area contributed by atoms with Crippen LogP contribution in [-0.4, -0.2) is 34.1 Å². The number of carbonyl (C=O) groups excluding carboxylic acids is 1. The van der Waals surface area contributed by atoms with Crippen molar-refractivity contribution >= 4 is 17.2 Å². The molecular weight excluding hydrogens is 318 g/mol. The molecule has 1 aromatic carbocycles. The number of amides is 1. The second kappa shape index (κ2) is 6.24. The van der Waals surface area contributed by atoms with E-state index in [4.69, 9.17) is 0 Å². The lowest BCUT2D eigenvalue weighted by Crippen LogP contribution is -2.27. The van der Waals surface area contributed by atoms with E-state index < -0.39 is 0 Å². The molecule has 0 saturated carbocycles. The van der Waals surface area contributed by atoms with Crippen LogP contribution >= 0.6 is 11.3 Å². The standard InChI is InChI=1S/C19H19N3OS/c1-13-10-17(24-18(13)19(23)22-8-2-3-9-22)15-6-4-14(5-7-15)16-11-20-21-12-16/h4-7,10-12H,2-3,8-9H2,1H3,(H,20,21). The average molecular weight is 337 g/mol. The van der Waals surface area contributed by atoms with Crippen LogP contribution in [0.3, 0.4) is 0 Å². The minimum atomic E-state index is 0.191. The molecule has 5 heteroatoms. The van der Waals surface area contributed by atoms with Gasteiger partial charge in [-0.2, -0.15) is 5.10 Å². The predicted octanol–water partition coefficient (Wildman–Crippen LogP) is 4.35. The first kappa shape index (κ1) is 15.1. The maximum atomic E-state index is 12.6. The van der Waals surface area contributed by atoms with E-state index in [2.05, 4.69) is 40.5 Å². The zero-order valence-corrected chi connectivity index (χ0v) is 14.4. The van der Waals surface area contributed by atoms with Gasteiger partial charge in [0.2, 0.25) is 0 Å². The number of benzene rings is 1. The minimum absolute atomic E-state index is 0.191. The number of nitrogens with zero attached hydrogens (tertiary/aromatic N) is 2. The normalized spacial score (nSPS) is 14.3. The van der Waals surface area contributed by atoms with E-state index in [0.717, 1.165) is 57.9 Å². The van der Waals surface area contributed by atoms with Crippen molar-refractivity contribution in [2.24, 2.45) is 0 Å². The van der Waals surface area contributed by atoms with Crippen molar-refractivity contribution in [2.45, 2.75) is 19.8 Å². The molecule has 122 valence electrons. The number of rotatable bonds is 3. The van der Waals surface area contributed by atoms with Crippen molar-refractivity contribution in [3.8, 4) is 21.6 Å². The van der Waals surface area contributed by atoms with Gasteiger partial charge in [-0.25, -0.2) is 0 Å². The van der Waals surface area contributed by atoms with Crippen LogP contribution in [0.2, 0.25) is 0 Å². The molecule has 3 heterocycles. The number of aryl methyl sites for hydroxylation is 1. The molecule has 4 rings (SSSR count). The largest absolute Gasteiger partial charge is 0.338 e. The third-order valence-corrected chi connectivity index (χ3v) is 5.78. The van der Waals surface area contributed by atoms with Crippen LogP contribution in [-0.2, 0) is 0 Å². The second-order valence-electron chi connectivity index (χ2n) is 6.19. The number of hydrogen-bond donors (Lipinski definition) is 1. The van der Waals surface area contributed by atoms with Gasteiger partial charge in [0.15, 0.2) is 0 Å². The molecule has 1 amide bonds. The number of aromatic nitrogens is 2. The molecule has 1 aliphatic rings. The third kappa shape index (κ3) is 2.76. The molecule has 1 aliphatic heterocycles. The van der Waals surface area contributed by atoms with E-state index in [-0.39, 0.29) is 5.91 Å². The summed E-state index contributed by atoms with van der Waals surface area (Å²) < 4.78 is 0. The fourth-order valence-corrected chi connectivity index (χ4v) is 4.28. The van der Waals surface area contributed by atoms with Crippen LogP contribution in [0.15, 0.2) is 42.7 Å². The molecule has 0 bridgehead atoms. The highest BCUT2D eigenvalue weighted by Gasteiger charge is 2.23. The zero-order chi connectivity index (χ0) is 16.5. The van der Waals surface area contributed by atoms with Gasteiger partial charge in [-0.05, 0) is 42.5 Å². The first-order valence-corrected chi connectivity index (χ1v) is 9.03. The molecule has 0 spiro atoms. The van der Waals surface area contributed by atoms with Crippen molar-refractivity contribution in [2.75, 3.05) is 13.1 Å². The molecule has 0 unspecified atom stereocenters. The SMILES string of the molecule is Cc1cc(-c2ccc(-c3cn[nH]c3)cc2)sc1C(=O)N1CCCC1. The Morgan fingerprint density at radius 1 is 1.12 bits per heavy atom. The molecule has 24 heavy (non-hydrogen) atoms. The van der Waals surface area contributed by atoms with Crippen LogP contribution in [0, 0.1) is 6.92 Å². The van der Waals surface area contributed by atoms with Crippen LogP contribution < -0.4 is 0 Å². The minimum Gasteiger partial charge on any atom is -0.338 e. The maximum absolute atomic E-state index is 12.6. The van der Waals surface area contributed by atoms with E-state index in [1.807, 2.05) is 24.2 Å². The van der Waals surface area contributed by atoms with Crippen molar-refractivity contribution in [3.05, 3.63) is 53.2 Å². The van der Waals surface area contributed by atoms with Crippen LogP contribution in [0.5, 0.6) is 0 Å². The lowest BCUT2D eigenvalue weighted by atomic mass is 10.1. The Morgan fingerprint density at radius 3 is 2.50 bits per heavy atom. The number of likely N-dealkylation sites (tertiary alicyclic amines) is 1. The highest BCUT2D eigenvalue weighted by molar-refractivity contribution is 7.17. The Labute approximate surface area is 145 Å². The van der Waals surface area contributed by atoms with E-state index in [1.165, 1.54) is 0 Å². The maximum Gasteiger partial charge on any atom is 0.264 e. The Balaban J connectivity index is 1.60. The summed E-state index contributed by atoms with van der Waals surface area (Å²) in [6, 6.07) is 10.5. The molecule has 4 nitrogen and oxygen atoms in total. The van der Waals surface area contributed by atoms with Crippen molar-refractivity contribution in [1.29, 1.82) is 0 Å². The second-order valence-corrected chi connectivity index (χ2v) is 7.24.